The normalized spacial score (nSPS) is 12.7. The Hall–Kier alpha value is -3.43. The fourth-order valence-electron chi connectivity index (χ4n) is 3.30. The molecule has 0 aliphatic heterocycles. The molecule has 0 aliphatic rings. The van der Waals surface area contributed by atoms with E-state index in [9.17, 15) is 39.5 Å². The number of halogens is 9. The Labute approximate surface area is 194 Å². The van der Waals surface area contributed by atoms with Crippen molar-refractivity contribution >= 4 is 5.83 Å². The Morgan fingerprint density at radius 1 is 0.857 bits per heavy atom. The van der Waals surface area contributed by atoms with Gasteiger partial charge in [-0.2, -0.15) is 22.0 Å². The molecule has 0 N–H and O–H groups in total. The first-order chi connectivity index (χ1) is 16.3. The Bertz CT molecular complexity index is 1230. The molecule has 0 bridgehead atoms. The predicted molar refractivity (Wildman–Crippen MR) is 112 cm³/mol. The van der Waals surface area contributed by atoms with Crippen LogP contribution in [0.2, 0.25) is 0 Å². The van der Waals surface area contributed by atoms with Crippen LogP contribution in [0.15, 0.2) is 60.7 Å². The number of rotatable bonds is 7. The number of alkyl halides is 5. The average Bonchev–Trinajstić information content (AvgIpc) is 2.76. The molecule has 1 nitrogen and oxygen atoms in total. The minimum atomic E-state index is -5.04. The lowest BCUT2D eigenvalue weighted by atomic mass is 9.99. The predicted octanol–water partition coefficient (Wildman–Crippen LogP) is 8.72. The largest absolute Gasteiger partial charge is 0.429 e. The first-order valence-electron chi connectivity index (χ1n) is 10.2. The first-order valence-corrected chi connectivity index (χ1v) is 10.2. The zero-order chi connectivity index (χ0) is 26.0. The van der Waals surface area contributed by atoms with E-state index in [4.69, 9.17) is 0 Å². The molecule has 3 aromatic carbocycles. The van der Waals surface area contributed by atoms with Gasteiger partial charge in [-0.15, -0.1) is 0 Å². The highest BCUT2D eigenvalue weighted by atomic mass is 19.4. The van der Waals surface area contributed by atoms with Gasteiger partial charge in [-0.25, -0.2) is 17.6 Å². The third kappa shape index (κ3) is 6.17. The summed E-state index contributed by atoms with van der Waals surface area (Å²) in [6.07, 6.45) is -8.92. The molecule has 0 aliphatic carbocycles. The van der Waals surface area contributed by atoms with E-state index in [1.807, 2.05) is 0 Å². The molecule has 3 rings (SSSR count). The van der Waals surface area contributed by atoms with Gasteiger partial charge in [0.2, 0.25) is 0 Å². The highest BCUT2D eigenvalue weighted by Crippen LogP contribution is 2.35. The fraction of sp³-hybridized carbons (Fsp3) is 0.200. The third-order valence-corrected chi connectivity index (χ3v) is 4.95. The van der Waals surface area contributed by atoms with E-state index >= 15 is 0 Å². The molecule has 0 spiro atoms. The number of hydrogen-bond donors (Lipinski definition) is 0. The van der Waals surface area contributed by atoms with Crippen LogP contribution >= 0.6 is 0 Å². The molecular weight excluding hydrogens is 487 g/mol. The van der Waals surface area contributed by atoms with Crippen LogP contribution in [-0.2, 0) is 12.5 Å². The van der Waals surface area contributed by atoms with Gasteiger partial charge in [0.15, 0.2) is 11.6 Å². The maximum Gasteiger partial charge on any atom is 0.426 e. The van der Waals surface area contributed by atoms with Crippen molar-refractivity contribution in [3.8, 4) is 16.9 Å². The molecule has 0 heterocycles. The lowest BCUT2D eigenvalue weighted by molar-refractivity contribution is -0.185. The van der Waals surface area contributed by atoms with Crippen LogP contribution in [0.3, 0.4) is 0 Å². The van der Waals surface area contributed by atoms with Gasteiger partial charge >= 0.3 is 12.3 Å². The van der Waals surface area contributed by atoms with Crippen molar-refractivity contribution in [2.24, 2.45) is 0 Å². The molecule has 0 aromatic heterocycles. The maximum absolute atomic E-state index is 14.6. The molecule has 0 radical (unpaired) electrons. The van der Waals surface area contributed by atoms with Crippen molar-refractivity contribution in [2.75, 3.05) is 0 Å². The second kappa shape index (κ2) is 10.1. The van der Waals surface area contributed by atoms with Crippen molar-refractivity contribution in [3.05, 3.63) is 94.8 Å². The summed E-state index contributed by atoms with van der Waals surface area (Å²) in [6.45, 7) is 1.80. The summed E-state index contributed by atoms with van der Waals surface area (Å²) in [4.78, 5) is 0. The number of ether oxygens (including phenoxy) is 1. The molecule has 0 fully saturated rings. The van der Waals surface area contributed by atoms with Gasteiger partial charge in [0.25, 0.3) is 0 Å². The minimum Gasteiger partial charge on any atom is -0.429 e. The molecule has 186 valence electrons. The van der Waals surface area contributed by atoms with E-state index < -0.39 is 58.5 Å². The second-order valence-electron chi connectivity index (χ2n) is 7.52. The van der Waals surface area contributed by atoms with E-state index in [1.165, 1.54) is 12.1 Å². The van der Waals surface area contributed by atoms with E-state index in [2.05, 4.69) is 4.74 Å². The zero-order valence-electron chi connectivity index (χ0n) is 18.0. The molecular formula is C25H17F9O. The summed E-state index contributed by atoms with van der Waals surface area (Å²) in [5.74, 6) is -6.39. The van der Waals surface area contributed by atoms with Crippen molar-refractivity contribution < 1.29 is 44.3 Å². The van der Waals surface area contributed by atoms with Crippen LogP contribution in [0.4, 0.5) is 39.5 Å². The topological polar surface area (TPSA) is 9.23 Å². The van der Waals surface area contributed by atoms with Crippen LogP contribution in [0.1, 0.15) is 30.0 Å². The lowest BCUT2D eigenvalue weighted by Gasteiger charge is -2.19. The average molecular weight is 504 g/mol. The fourth-order valence-corrected chi connectivity index (χ4v) is 3.30. The molecule has 0 unspecified atom stereocenters. The summed E-state index contributed by atoms with van der Waals surface area (Å²) in [6, 6.07) is 8.29. The number of hydrogen-bond acceptors (Lipinski definition) is 1. The van der Waals surface area contributed by atoms with Crippen molar-refractivity contribution in [2.45, 2.75) is 32.1 Å². The van der Waals surface area contributed by atoms with Crippen LogP contribution < -0.4 is 4.74 Å². The number of aryl methyl sites for hydroxylation is 1. The summed E-state index contributed by atoms with van der Waals surface area (Å²) >= 11 is 0. The molecule has 0 atom stereocenters. The Morgan fingerprint density at radius 3 is 2.09 bits per heavy atom. The summed E-state index contributed by atoms with van der Waals surface area (Å²) in [7, 11) is 0. The van der Waals surface area contributed by atoms with E-state index in [-0.39, 0.29) is 16.7 Å². The molecule has 35 heavy (non-hydrogen) atoms. The highest BCUT2D eigenvalue weighted by molar-refractivity contribution is 5.65. The molecule has 0 saturated carbocycles. The highest BCUT2D eigenvalue weighted by Gasteiger charge is 2.35. The maximum atomic E-state index is 14.6. The van der Waals surface area contributed by atoms with Gasteiger partial charge in [0, 0.05) is 17.2 Å². The van der Waals surface area contributed by atoms with Gasteiger partial charge in [-0.05, 0) is 41.8 Å². The standard InChI is InChI=1S/C25H17F9O/c1-2-3-15-6-10-18(23(29)22(15)28)14-4-7-16(8-5-14)25(33,34)35-17-9-11-19(20(26)12-17)21(27)13-24(30,31)32/h4-13H,2-3H2,1H3/b21-13-. The van der Waals surface area contributed by atoms with Crippen LogP contribution in [0.5, 0.6) is 5.75 Å². The molecule has 10 heteroatoms. The summed E-state index contributed by atoms with van der Waals surface area (Å²) < 4.78 is 127. The lowest BCUT2D eigenvalue weighted by Crippen LogP contribution is -2.21. The van der Waals surface area contributed by atoms with Crippen LogP contribution in [0, 0.1) is 17.5 Å². The van der Waals surface area contributed by atoms with Gasteiger partial charge < -0.3 is 4.74 Å². The van der Waals surface area contributed by atoms with Crippen molar-refractivity contribution in [1.82, 2.24) is 0 Å². The molecule has 0 saturated heterocycles. The molecule has 0 amide bonds. The monoisotopic (exact) mass is 504 g/mol. The van der Waals surface area contributed by atoms with Gasteiger partial charge in [0.05, 0.1) is 11.6 Å². The van der Waals surface area contributed by atoms with Crippen LogP contribution in [0.25, 0.3) is 17.0 Å². The van der Waals surface area contributed by atoms with Gasteiger partial charge in [0.1, 0.15) is 17.4 Å². The Morgan fingerprint density at radius 2 is 1.51 bits per heavy atom. The molecule has 3 aromatic rings. The summed E-state index contributed by atoms with van der Waals surface area (Å²) in [5.41, 5.74) is -1.63. The van der Waals surface area contributed by atoms with E-state index in [0.29, 0.717) is 31.0 Å². The third-order valence-electron chi connectivity index (χ3n) is 4.95. The summed E-state index contributed by atoms with van der Waals surface area (Å²) in [5, 5.41) is 0. The Balaban J connectivity index is 1.82. The van der Waals surface area contributed by atoms with E-state index in [0.717, 1.165) is 24.3 Å². The smallest absolute Gasteiger partial charge is 0.426 e. The zero-order valence-corrected chi connectivity index (χ0v) is 18.0. The van der Waals surface area contributed by atoms with E-state index in [1.54, 1.807) is 6.92 Å². The number of allylic oxidation sites excluding steroid dienone is 1. The minimum absolute atomic E-state index is 0.117. The quantitative estimate of drug-likeness (QED) is 0.293. The van der Waals surface area contributed by atoms with Crippen LogP contribution in [-0.4, -0.2) is 6.18 Å². The Kier molecular flexibility index (Phi) is 7.52. The number of benzene rings is 3. The van der Waals surface area contributed by atoms with Gasteiger partial charge in [-0.3, -0.25) is 0 Å². The second-order valence-corrected chi connectivity index (χ2v) is 7.52. The first kappa shape index (κ1) is 26.2. The SMILES string of the molecule is CCCc1ccc(-c2ccc(C(F)(F)Oc3ccc(/C(F)=C/C(F)(F)F)c(F)c3)cc2)c(F)c1F. The van der Waals surface area contributed by atoms with Crippen molar-refractivity contribution in [3.63, 3.8) is 0 Å². The van der Waals surface area contributed by atoms with Gasteiger partial charge in [-0.1, -0.05) is 37.6 Å². The van der Waals surface area contributed by atoms with Crippen molar-refractivity contribution in [1.29, 1.82) is 0 Å².